The maximum absolute atomic E-state index is 12.8. The topological polar surface area (TPSA) is 51.2 Å². The molecule has 0 radical (unpaired) electrons. The van der Waals surface area contributed by atoms with Gasteiger partial charge in [-0.05, 0) is 59.7 Å². The van der Waals surface area contributed by atoms with Crippen molar-refractivity contribution in [3.63, 3.8) is 0 Å². The third kappa shape index (κ3) is 20.8. The number of ketones is 3. The Hall–Kier alpha value is -1.20. The molecule has 47 heavy (non-hydrogen) atoms. The van der Waals surface area contributed by atoms with Crippen LogP contribution in [-0.2, 0) is 14.4 Å². The Labute approximate surface area is 289 Å². The van der Waals surface area contributed by atoms with Gasteiger partial charge in [-0.25, -0.2) is 0 Å². The fraction of sp³-hybridized carbons (Fsp3) is 0.927. The maximum atomic E-state index is 12.8. The Morgan fingerprint density at radius 3 is 0.957 bits per heavy atom. The second kappa shape index (κ2) is 16.2. The van der Waals surface area contributed by atoms with E-state index in [9.17, 15) is 27.6 Å². The molecule has 280 valence electrons. The minimum Gasteiger partial charge on any atom is -0.299 e. The van der Waals surface area contributed by atoms with E-state index in [1.165, 1.54) is 33.6 Å². The van der Waals surface area contributed by atoms with Crippen molar-refractivity contribution in [1.29, 1.82) is 0 Å². The summed E-state index contributed by atoms with van der Waals surface area (Å²) in [4.78, 5) is 36.6. The van der Waals surface area contributed by atoms with Crippen molar-refractivity contribution in [1.82, 2.24) is 0 Å². The summed E-state index contributed by atoms with van der Waals surface area (Å²) in [7, 11) is 0. The summed E-state index contributed by atoms with van der Waals surface area (Å²) < 4.78 is 38.4. The molecule has 1 rings (SSSR count). The molecular weight excluding hydrogens is 597 g/mol. The molecule has 1 fully saturated rings. The van der Waals surface area contributed by atoms with Gasteiger partial charge in [0.1, 0.15) is 23.3 Å². The Kier molecular flexibility index (Phi) is 16.5. The number of hydrogen-bond donors (Lipinski definition) is 0. The number of carbonyl (C=O) groups is 3. The van der Waals surface area contributed by atoms with Crippen molar-refractivity contribution >= 4 is 17.3 Å². The zero-order valence-electron chi connectivity index (χ0n) is 34.7. The van der Waals surface area contributed by atoms with Crippen LogP contribution in [0.1, 0.15) is 178 Å². The molecule has 1 aliphatic carbocycles. The molecule has 0 spiro atoms. The fourth-order valence-corrected chi connectivity index (χ4v) is 5.61. The maximum Gasteiger partial charge on any atom is 0.398 e. The smallest absolute Gasteiger partial charge is 0.299 e. The van der Waals surface area contributed by atoms with Crippen molar-refractivity contribution in [2.24, 2.45) is 61.6 Å². The van der Waals surface area contributed by atoms with Crippen molar-refractivity contribution in [3.05, 3.63) is 0 Å². The lowest BCUT2D eigenvalue weighted by Gasteiger charge is -2.38. The highest BCUT2D eigenvalue weighted by molar-refractivity contribution is 5.87. The third-order valence-electron chi connectivity index (χ3n) is 8.28. The van der Waals surface area contributed by atoms with E-state index in [1.54, 1.807) is 20.8 Å². The van der Waals surface area contributed by atoms with Crippen LogP contribution in [0.5, 0.6) is 0 Å². The summed E-state index contributed by atoms with van der Waals surface area (Å²) in [5, 5.41) is 0. The van der Waals surface area contributed by atoms with E-state index in [4.69, 9.17) is 0 Å². The summed E-state index contributed by atoms with van der Waals surface area (Å²) >= 11 is 0. The molecule has 0 heterocycles. The van der Waals surface area contributed by atoms with E-state index in [2.05, 4.69) is 62.3 Å². The van der Waals surface area contributed by atoms with Crippen LogP contribution in [0.15, 0.2) is 0 Å². The van der Waals surface area contributed by atoms with Gasteiger partial charge in [0.2, 0.25) is 0 Å². The number of Topliss-reactive ketones (excluding diaryl/α,β-unsaturated/α-hetero) is 3. The standard InChI is InChI=1S/C15H30O.C14H26O.C12H21F3O/c1-13(2,3)10-11(14(4,5)6)12(16)15(7,8)9;1-13(2,3)9-11(10-7-8-10)12(15)14(4,5)6;1-10(2,3)7-8(12(13,14)15)9(16)11(4,5)6/h11H,10H2,1-9H3;10-11H,7-9H2,1-6H3;8H,7H2,1-6H3. The number of rotatable bonds is 7. The van der Waals surface area contributed by atoms with Gasteiger partial charge < -0.3 is 0 Å². The van der Waals surface area contributed by atoms with Gasteiger partial charge in [-0.2, -0.15) is 13.2 Å². The van der Waals surface area contributed by atoms with Gasteiger partial charge in [0.05, 0.1) is 0 Å². The van der Waals surface area contributed by atoms with Crippen molar-refractivity contribution in [3.8, 4) is 0 Å². The fourth-order valence-electron chi connectivity index (χ4n) is 5.61. The molecule has 0 aromatic heterocycles. The molecule has 0 aliphatic heterocycles. The van der Waals surface area contributed by atoms with Gasteiger partial charge in [0.25, 0.3) is 0 Å². The Morgan fingerprint density at radius 2 is 0.745 bits per heavy atom. The lowest BCUT2D eigenvalue weighted by atomic mass is 9.66. The van der Waals surface area contributed by atoms with Crippen LogP contribution in [0.25, 0.3) is 0 Å². The normalized spacial score (nSPS) is 17.4. The minimum atomic E-state index is -4.45. The van der Waals surface area contributed by atoms with Crippen molar-refractivity contribution in [2.45, 2.75) is 184 Å². The predicted molar refractivity (Wildman–Crippen MR) is 194 cm³/mol. The lowest BCUT2D eigenvalue weighted by Crippen LogP contribution is -2.40. The number of carbonyl (C=O) groups excluding carboxylic acids is 3. The van der Waals surface area contributed by atoms with Crippen LogP contribution in [0.4, 0.5) is 13.2 Å². The number of alkyl halides is 3. The summed E-state index contributed by atoms with van der Waals surface area (Å²) in [6.07, 6.45) is -0.0598. The molecule has 1 aliphatic rings. The molecule has 3 unspecified atom stereocenters. The van der Waals surface area contributed by atoms with E-state index in [0.29, 0.717) is 23.4 Å². The van der Waals surface area contributed by atoms with Crippen LogP contribution in [-0.4, -0.2) is 23.5 Å². The van der Waals surface area contributed by atoms with Crippen molar-refractivity contribution in [2.75, 3.05) is 0 Å². The van der Waals surface area contributed by atoms with E-state index >= 15 is 0 Å². The summed E-state index contributed by atoms with van der Waals surface area (Å²) in [6.45, 7) is 41.8. The zero-order valence-corrected chi connectivity index (χ0v) is 34.7. The molecule has 0 bridgehead atoms. The van der Waals surface area contributed by atoms with Gasteiger partial charge in [-0.15, -0.1) is 0 Å². The first-order valence-electron chi connectivity index (χ1n) is 17.8. The Balaban J connectivity index is 0. The number of hydrogen-bond acceptors (Lipinski definition) is 3. The number of halogens is 3. The van der Waals surface area contributed by atoms with E-state index in [-0.39, 0.29) is 39.4 Å². The average molecular weight is 675 g/mol. The van der Waals surface area contributed by atoms with Gasteiger partial charge >= 0.3 is 6.18 Å². The van der Waals surface area contributed by atoms with Crippen LogP contribution >= 0.6 is 0 Å². The van der Waals surface area contributed by atoms with Gasteiger partial charge in [-0.1, -0.05) is 145 Å². The van der Waals surface area contributed by atoms with Gasteiger partial charge in [0, 0.05) is 28.1 Å². The SMILES string of the molecule is CC(C)(C)CC(C(=O)C(C)(C)C)C(C)(C)C.CC(C)(C)CC(C(=O)C(C)(C)C)C(F)(F)F.CC(C)(C)CC(C(=O)C(C)(C)C)C1CC1. The average Bonchev–Trinajstić information content (AvgIpc) is 3.59. The third-order valence-corrected chi connectivity index (χ3v) is 8.28. The zero-order chi connectivity index (χ0) is 38.6. The summed E-state index contributed by atoms with van der Waals surface area (Å²) in [5.74, 6) is -0.564. The summed E-state index contributed by atoms with van der Waals surface area (Å²) in [5.41, 5.74) is -1.33. The molecule has 0 N–H and O–H groups in total. The van der Waals surface area contributed by atoms with E-state index in [0.717, 1.165) is 12.8 Å². The van der Waals surface area contributed by atoms with Crippen LogP contribution in [0.3, 0.4) is 0 Å². The molecule has 3 atom stereocenters. The first-order chi connectivity index (χ1) is 20.1. The Morgan fingerprint density at radius 1 is 0.468 bits per heavy atom. The highest BCUT2D eigenvalue weighted by Crippen LogP contribution is 2.45. The first kappa shape index (κ1) is 47.9. The first-order valence-corrected chi connectivity index (χ1v) is 17.8. The molecule has 6 heteroatoms. The predicted octanol–water partition coefficient (Wildman–Crippen LogP) is 13.0. The second-order valence-electron chi connectivity index (χ2n) is 22.1. The van der Waals surface area contributed by atoms with E-state index < -0.39 is 28.7 Å². The van der Waals surface area contributed by atoms with E-state index in [1.807, 2.05) is 41.5 Å². The molecule has 0 amide bonds. The van der Waals surface area contributed by atoms with Gasteiger partial charge in [0.15, 0.2) is 0 Å². The van der Waals surface area contributed by atoms with Gasteiger partial charge in [-0.3, -0.25) is 14.4 Å². The molecule has 0 aromatic rings. The second-order valence-corrected chi connectivity index (χ2v) is 22.1. The van der Waals surface area contributed by atoms with Crippen LogP contribution in [0, 0.1) is 61.6 Å². The highest BCUT2D eigenvalue weighted by Gasteiger charge is 2.49. The largest absolute Gasteiger partial charge is 0.398 e. The Bertz CT molecular complexity index is 942. The quantitative estimate of drug-likeness (QED) is 0.270. The minimum absolute atomic E-state index is 0.0532. The monoisotopic (exact) mass is 675 g/mol. The van der Waals surface area contributed by atoms with Crippen LogP contribution < -0.4 is 0 Å². The summed E-state index contributed by atoms with van der Waals surface area (Å²) in [6, 6.07) is 0. The molecule has 3 nitrogen and oxygen atoms in total. The lowest BCUT2D eigenvalue weighted by molar-refractivity contribution is -0.191. The molecule has 1 saturated carbocycles. The highest BCUT2D eigenvalue weighted by atomic mass is 19.4. The molecule has 0 saturated heterocycles. The molecular formula is C41H77F3O3. The van der Waals surface area contributed by atoms with Crippen LogP contribution in [0.2, 0.25) is 0 Å². The molecule has 0 aromatic carbocycles. The van der Waals surface area contributed by atoms with Crippen molar-refractivity contribution < 1.29 is 27.6 Å².